The van der Waals surface area contributed by atoms with Gasteiger partial charge in [-0.3, -0.25) is 9.98 Å². The van der Waals surface area contributed by atoms with Crippen molar-refractivity contribution < 1.29 is 9.53 Å². The van der Waals surface area contributed by atoms with Gasteiger partial charge in [0.1, 0.15) is 0 Å². The van der Waals surface area contributed by atoms with Gasteiger partial charge in [-0.2, -0.15) is 0 Å². The molecule has 1 heterocycles. The van der Waals surface area contributed by atoms with Gasteiger partial charge in [-0.1, -0.05) is 0 Å². The van der Waals surface area contributed by atoms with Crippen molar-refractivity contribution >= 4 is 17.4 Å². The van der Waals surface area contributed by atoms with Gasteiger partial charge in [0.05, 0.1) is 29.8 Å². The molecular formula is C14H17N3O2. The molecule has 5 nitrogen and oxygen atoms in total. The number of esters is 1. The van der Waals surface area contributed by atoms with Crippen LogP contribution in [0.5, 0.6) is 0 Å². The van der Waals surface area contributed by atoms with Crippen molar-refractivity contribution in [2.24, 2.45) is 16.6 Å². The Kier molecular flexibility index (Phi) is 4.28. The standard InChI is InChI=1S/C14H17N3O2/c1-2-19-14(18)12(8-15)13(10-5-6-10)17-11-4-3-7-16-9-11/h3-4,7-10H,2,5-6,15H2,1H3. The molecule has 100 valence electrons. The zero-order chi connectivity index (χ0) is 13.7. The molecule has 0 radical (unpaired) electrons. The summed E-state index contributed by atoms with van der Waals surface area (Å²) in [6, 6.07) is 3.65. The Bertz CT molecular complexity index is 505. The highest BCUT2D eigenvalue weighted by Crippen LogP contribution is 2.34. The number of aromatic nitrogens is 1. The van der Waals surface area contributed by atoms with E-state index < -0.39 is 5.97 Å². The topological polar surface area (TPSA) is 77.6 Å². The number of carbonyl (C=O) groups is 1. The van der Waals surface area contributed by atoms with E-state index >= 15 is 0 Å². The molecule has 19 heavy (non-hydrogen) atoms. The molecule has 1 aromatic heterocycles. The molecule has 2 rings (SSSR count). The van der Waals surface area contributed by atoms with Gasteiger partial charge in [0, 0.05) is 18.3 Å². The Morgan fingerprint density at radius 1 is 1.63 bits per heavy atom. The summed E-state index contributed by atoms with van der Waals surface area (Å²) >= 11 is 0. The number of nitrogens with two attached hydrogens (primary N) is 1. The molecule has 0 bridgehead atoms. The number of hydrogen-bond donors (Lipinski definition) is 1. The van der Waals surface area contributed by atoms with Crippen LogP contribution in [0.3, 0.4) is 0 Å². The van der Waals surface area contributed by atoms with E-state index in [1.807, 2.05) is 6.07 Å². The predicted molar refractivity (Wildman–Crippen MR) is 73.0 cm³/mol. The highest BCUT2D eigenvalue weighted by Gasteiger charge is 2.33. The molecule has 5 heteroatoms. The highest BCUT2D eigenvalue weighted by atomic mass is 16.5. The minimum absolute atomic E-state index is 0.291. The summed E-state index contributed by atoms with van der Waals surface area (Å²) in [5.74, 6) is -0.126. The first-order valence-corrected chi connectivity index (χ1v) is 6.34. The van der Waals surface area contributed by atoms with E-state index in [1.54, 1.807) is 25.4 Å². The molecule has 0 atom stereocenters. The molecule has 2 N–H and O–H groups in total. The van der Waals surface area contributed by atoms with Gasteiger partial charge >= 0.3 is 5.97 Å². The maximum absolute atomic E-state index is 11.9. The van der Waals surface area contributed by atoms with Crippen LogP contribution in [0, 0.1) is 5.92 Å². The average molecular weight is 259 g/mol. The lowest BCUT2D eigenvalue weighted by Crippen LogP contribution is -2.19. The number of rotatable bonds is 5. The number of nitrogens with zero attached hydrogens (tertiary/aromatic N) is 2. The van der Waals surface area contributed by atoms with E-state index in [1.165, 1.54) is 6.20 Å². The first-order valence-electron chi connectivity index (χ1n) is 6.34. The number of aliphatic imine (C=N–C) groups is 1. The second kappa shape index (κ2) is 6.13. The Morgan fingerprint density at radius 2 is 2.42 bits per heavy atom. The van der Waals surface area contributed by atoms with Crippen molar-refractivity contribution in [2.45, 2.75) is 19.8 Å². The van der Waals surface area contributed by atoms with E-state index in [0.717, 1.165) is 12.8 Å². The summed E-state index contributed by atoms with van der Waals surface area (Å²) in [4.78, 5) is 20.4. The summed E-state index contributed by atoms with van der Waals surface area (Å²) < 4.78 is 5.01. The summed E-state index contributed by atoms with van der Waals surface area (Å²) in [5.41, 5.74) is 7.34. The SMILES string of the molecule is CCOC(=O)C(=CN)C(=Nc1cccnc1)C1CC1. The van der Waals surface area contributed by atoms with Crippen molar-refractivity contribution in [3.63, 3.8) is 0 Å². The zero-order valence-electron chi connectivity index (χ0n) is 10.9. The van der Waals surface area contributed by atoms with E-state index in [4.69, 9.17) is 10.5 Å². The van der Waals surface area contributed by atoms with Crippen molar-refractivity contribution in [1.82, 2.24) is 4.98 Å². The van der Waals surface area contributed by atoms with Gasteiger partial charge in [-0.05, 0) is 31.9 Å². The lowest BCUT2D eigenvalue weighted by atomic mass is 10.1. The van der Waals surface area contributed by atoms with Gasteiger partial charge < -0.3 is 10.5 Å². The van der Waals surface area contributed by atoms with Crippen LogP contribution in [-0.2, 0) is 9.53 Å². The summed E-state index contributed by atoms with van der Waals surface area (Å²) in [7, 11) is 0. The fourth-order valence-corrected chi connectivity index (χ4v) is 1.75. The maximum Gasteiger partial charge on any atom is 0.341 e. The fourth-order valence-electron chi connectivity index (χ4n) is 1.75. The third-order valence-corrected chi connectivity index (χ3v) is 2.80. The molecule has 0 unspecified atom stereocenters. The zero-order valence-corrected chi connectivity index (χ0v) is 10.9. The molecule has 0 aliphatic heterocycles. The third kappa shape index (κ3) is 3.40. The predicted octanol–water partition coefficient (Wildman–Crippen LogP) is 1.97. The van der Waals surface area contributed by atoms with Gasteiger partial charge in [-0.15, -0.1) is 0 Å². The molecule has 0 amide bonds. The monoisotopic (exact) mass is 259 g/mol. The van der Waals surface area contributed by atoms with E-state index in [9.17, 15) is 4.79 Å². The number of hydrogen-bond acceptors (Lipinski definition) is 5. The second-order valence-corrected chi connectivity index (χ2v) is 4.28. The summed E-state index contributed by atoms with van der Waals surface area (Å²) in [6.45, 7) is 2.09. The minimum Gasteiger partial charge on any atom is -0.462 e. The molecule has 1 saturated carbocycles. The molecular weight excluding hydrogens is 242 g/mol. The van der Waals surface area contributed by atoms with Crippen LogP contribution in [0.4, 0.5) is 5.69 Å². The summed E-state index contributed by atoms with van der Waals surface area (Å²) in [6.07, 6.45) is 6.67. The number of pyridine rings is 1. The quantitative estimate of drug-likeness (QED) is 0.498. The lowest BCUT2D eigenvalue weighted by Gasteiger charge is -2.09. The first kappa shape index (κ1) is 13.3. The first-order chi connectivity index (χ1) is 9.26. The van der Waals surface area contributed by atoms with Crippen LogP contribution in [0.1, 0.15) is 19.8 Å². The van der Waals surface area contributed by atoms with Crippen molar-refractivity contribution in [3.05, 3.63) is 36.3 Å². The fraction of sp³-hybridized carbons (Fsp3) is 0.357. The van der Waals surface area contributed by atoms with E-state index in [0.29, 0.717) is 29.5 Å². The van der Waals surface area contributed by atoms with Gasteiger partial charge in [0.2, 0.25) is 0 Å². The number of carbonyl (C=O) groups excluding carboxylic acids is 1. The van der Waals surface area contributed by atoms with Gasteiger partial charge in [-0.25, -0.2) is 4.79 Å². The minimum atomic E-state index is -0.417. The van der Waals surface area contributed by atoms with Crippen LogP contribution >= 0.6 is 0 Å². The Hall–Kier alpha value is -2.17. The molecule has 1 aliphatic rings. The molecule has 1 aliphatic carbocycles. The normalized spacial score (nSPS) is 16.3. The van der Waals surface area contributed by atoms with Crippen LogP contribution in [0.2, 0.25) is 0 Å². The van der Waals surface area contributed by atoms with Crippen LogP contribution in [0.15, 0.2) is 41.3 Å². The van der Waals surface area contributed by atoms with E-state index in [2.05, 4.69) is 9.98 Å². The Balaban J connectivity index is 2.29. The van der Waals surface area contributed by atoms with Crippen molar-refractivity contribution in [1.29, 1.82) is 0 Å². The maximum atomic E-state index is 11.9. The second-order valence-electron chi connectivity index (χ2n) is 4.28. The molecule has 1 fully saturated rings. The van der Waals surface area contributed by atoms with Crippen molar-refractivity contribution in [3.8, 4) is 0 Å². The van der Waals surface area contributed by atoms with E-state index in [-0.39, 0.29) is 0 Å². The molecule has 1 aromatic rings. The summed E-state index contributed by atoms with van der Waals surface area (Å²) in [5, 5.41) is 0. The van der Waals surface area contributed by atoms with Gasteiger partial charge in [0.15, 0.2) is 0 Å². The smallest absolute Gasteiger partial charge is 0.341 e. The lowest BCUT2D eigenvalue weighted by molar-refractivity contribution is -0.137. The Labute approximate surface area is 112 Å². The molecule has 0 aromatic carbocycles. The Morgan fingerprint density at radius 3 is 2.95 bits per heavy atom. The molecule has 0 spiro atoms. The average Bonchev–Trinajstić information content (AvgIpc) is 3.24. The number of ether oxygens (including phenoxy) is 1. The van der Waals surface area contributed by atoms with Crippen LogP contribution in [-0.4, -0.2) is 23.3 Å². The van der Waals surface area contributed by atoms with Gasteiger partial charge in [0.25, 0.3) is 0 Å². The van der Waals surface area contributed by atoms with Crippen molar-refractivity contribution in [2.75, 3.05) is 6.61 Å². The third-order valence-electron chi connectivity index (χ3n) is 2.80. The van der Waals surface area contributed by atoms with Crippen LogP contribution < -0.4 is 5.73 Å². The highest BCUT2D eigenvalue weighted by molar-refractivity contribution is 6.21. The van der Waals surface area contributed by atoms with Crippen LogP contribution in [0.25, 0.3) is 0 Å². The molecule has 0 saturated heterocycles. The largest absolute Gasteiger partial charge is 0.462 e.